The molecule has 0 bridgehead atoms. The summed E-state index contributed by atoms with van der Waals surface area (Å²) in [5.74, 6) is 0.00137. The predicted octanol–water partition coefficient (Wildman–Crippen LogP) is 5.15. The number of halogens is 3. The molecule has 2 aromatic rings. The van der Waals surface area contributed by atoms with Gasteiger partial charge in [0, 0.05) is 16.2 Å². The zero-order chi connectivity index (χ0) is 16.4. The number of fused-ring (bicyclic) bond motifs is 1. The Balaban J connectivity index is 1.87. The van der Waals surface area contributed by atoms with Crippen LogP contribution in [0.2, 0.25) is 5.02 Å². The Hall–Kier alpha value is -2.20. The quantitative estimate of drug-likeness (QED) is 0.725. The molecular weight excluding hydrogens is 322 g/mol. The maximum Gasteiger partial charge on any atom is 0.387 e. The maximum absolute atomic E-state index is 12.5. The highest BCUT2D eigenvalue weighted by Gasteiger charge is 2.22. The first-order valence-electron chi connectivity index (χ1n) is 7.11. The first-order valence-corrected chi connectivity index (χ1v) is 7.49. The first-order chi connectivity index (χ1) is 11.0. The molecule has 118 valence electrons. The molecule has 1 aliphatic carbocycles. The van der Waals surface area contributed by atoms with Gasteiger partial charge in [-0.1, -0.05) is 23.7 Å². The van der Waals surface area contributed by atoms with Crippen LogP contribution in [-0.2, 0) is 6.42 Å². The minimum absolute atomic E-state index is 0.0789. The van der Waals surface area contributed by atoms with Gasteiger partial charge in [-0.15, -0.1) is 0 Å². The van der Waals surface area contributed by atoms with Crippen molar-refractivity contribution in [3.8, 4) is 5.75 Å². The van der Waals surface area contributed by atoms with Crippen LogP contribution in [0.1, 0.15) is 27.9 Å². The van der Waals surface area contributed by atoms with E-state index >= 15 is 0 Å². The van der Waals surface area contributed by atoms with Crippen LogP contribution in [0.25, 0.3) is 6.08 Å². The largest absolute Gasteiger partial charge is 0.435 e. The molecule has 3 rings (SSSR count). The van der Waals surface area contributed by atoms with Crippen molar-refractivity contribution in [1.82, 2.24) is 0 Å². The number of ketones is 1. The minimum atomic E-state index is -2.87. The second-order valence-electron chi connectivity index (χ2n) is 5.25. The summed E-state index contributed by atoms with van der Waals surface area (Å²) in [5, 5.41) is 0.638. The van der Waals surface area contributed by atoms with Crippen LogP contribution in [0.15, 0.2) is 48.0 Å². The van der Waals surface area contributed by atoms with E-state index in [-0.39, 0.29) is 11.5 Å². The summed E-state index contributed by atoms with van der Waals surface area (Å²) < 4.78 is 28.9. The zero-order valence-corrected chi connectivity index (χ0v) is 12.8. The lowest BCUT2D eigenvalue weighted by Crippen LogP contribution is -2.14. The van der Waals surface area contributed by atoms with E-state index in [1.165, 1.54) is 12.1 Å². The number of alkyl halides is 2. The van der Waals surface area contributed by atoms with Crippen LogP contribution in [0.4, 0.5) is 8.78 Å². The van der Waals surface area contributed by atoms with Crippen LogP contribution in [-0.4, -0.2) is 12.4 Å². The number of hydrogen-bond donors (Lipinski definition) is 0. The number of carbonyl (C=O) groups is 1. The van der Waals surface area contributed by atoms with E-state index in [4.69, 9.17) is 11.6 Å². The van der Waals surface area contributed by atoms with E-state index in [9.17, 15) is 13.6 Å². The number of hydrogen-bond acceptors (Lipinski definition) is 2. The fraction of sp³-hybridized carbons (Fsp3) is 0.167. The molecule has 0 N–H and O–H groups in total. The van der Waals surface area contributed by atoms with Gasteiger partial charge in [-0.3, -0.25) is 4.79 Å². The monoisotopic (exact) mass is 334 g/mol. The van der Waals surface area contributed by atoms with Crippen molar-refractivity contribution < 1.29 is 18.3 Å². The van der Waals surface area contributed by atoms with E-state index in [1.807, 2.05) is 18.2 Å². The lowest BCUT2D eigenvalue weighted by molar-refractivity contribution is -0.0498. The highest BCUT2D eigenvalue weighted by molar-refractivity contribution is 6.30. The van der Waals surface area contributed by atoms with Gasteiger partial charge in [0.05, 0.1) is 0 Å². The molecule has 0 aliphatic heterocycles. The Kier molecular flexibility index (Phi) is 4.44. The summed E-state index contributed by atoms with van der Waals surface area (Å²) in [6, 6.07) is 11.7. The number of ether oxygens (including phenoxy) is 1. The number of allylic oxidation sites excluding steroid dienone is 1. The minimum Gasteiger partial charge on any atom is -0.435 e. The molecule has 0 saturated heterocycles. The standard InChI is InChI=1S/C18H13ClF2O2/c19-14-5-1-11(2-6-14)9-13-4-3-12-10-15(23-18(20)21)7-8-16(12)17(13)22/h1-2,5-10,18H,3-4H2/b13-9-. The predicted molar refractivity (Wildman–Crippen MR) is 85.2 cm³/mol. The zero-order valence-electron chi connectivity index (χ0n) is 12.1. The Labute approximate surface area is 137 Å². The van der Waals surface area contributed by atoms with Crippen molar-refractivity contribution >= 4 is 23.5 Å². The molecule has 5 heteroatoms. The van der Waals surface area contributed by atoms with Crippen molar-refractivity contribution in [2.24, 2.45) is 0 Å². The second-order valence-corrected chi connectivity index (χ2v) is 5.68. The van der Waals surface area contributed by atoms with Crippen LogP contribution < -0.4 is 4.74 Å². The third-order valence-corrected chi connectivity index (χ3v) is 3.96. The van der Waals surface area contributed by atoms with Crippen LogP contribution in [0.3, 0.4) is 0 Å². The van der Waals surface area contributed by atoms with Crippen LogP contribution in [0.5, 0.6) is 5.75 Å². The highest BCUT2D eigenvalue weighted by atomic mass is 35.5. The molecule has 1 aliphatic rings. The fourth-order valence-corrected chi connectivity index (χ4v) is 2.75. The summed E-state index contributed by atoms with van der Waals surface area (Å²) in [5.41, 5.74) is 2.88. The molecule has 2 aromatic carbocycles. The SMILES string of the molecule is O=C1/C(=C\c2ccc(Cl)cc2)CCc2cc(OC(F)F)ccc21. The topological polar surface area (TPSA) is 26.3 Å². The summed E-state index contributed by atoms with van der Waals surface area (Å²) in [4.78, 5) is 12.5. The fourth-order valence-electron chi connectivity index (χ4n) is 2.63. The average Bonchev–Trinajstić information content (AvgIpc) is 2.51. The van der Waals surface area contributed by atoms with Gasteiger partial charge in [-0.2, -0.15) is 8.78 Å². The van der Waals surface area contributed by atoms with Crippen molar-refractivity contribution in [3.63, 3.8) is 0 Å². The van der Waals surface area contributed by atoms with Crippen molar-refractivity contribution in [2.75, 3.05) is 0 Å². The third-order valence-electron chi connectivity index (χ3n) is 3.71. The van der Waals surface area contributed by atoms with Gasteiger partial charge >= 0.3 is 6.61 Å². The summed E-state index contributed by atoms with van der Waals surface area (Å²) >= 11 is 5.85. The molecule has 0 unspecified atom stereocenters. The van der Waals surface area contributed by atoms with Gasteiger partial charge in [0.25, 0.3) is 0 Å². The van der Waals surface area contributed by atoms with E-state index in [1.54, 1.807) is 18.2 Å². The van der Waals surface area contributed by atoms with Gasteiger partial charge in [-0.25, -0.2) is 0 Å². The van der Waals surface area contributed by atoms with E-state index in [0.717, 1.165) is 11.1 Å². The first kappa shape index (κ1) is 15.7. The normalized spacial score (nSPS) is 15.8. The summed E-state index contributed by atoms with van der Waals surface area (Å²) in [6.45, 7) is -2.87. The molecule has 0 saturated carbocycles. The average molecular weight is 335 g/mol. The smallest absolute Gasteiger partial charge is 0.387 e. The summed E-state index contributed by atoms with van der Waals surface area (Å²) in [6.07, 6.45) is 3.01. The molecule has 0 atom stereocenters. The lowest BCUT2D eigenvalue weighted by atomic mass is 9.86. The number of Topliss-reactive ketones (excluding diaryl/α,β-unsaturated/α-hetero) is 1. The number of carbonyl (C=O) groups excluding carboxylic acids is 1. The molecule has 0 radical (unpaired) electrons. The molecule has 0 heterocycles. The molecule has 2 nitrogen and oxygen atoms in total. The molecule has 23 heavy (non-hydrogen) atoms. The Morgan fingerprint density at radius 1 is 1.09 bits per heavy atom. The van der Waals surface area contributed by atoms with Crippen molar-refractivity contribution in [1.29, 1.82) is 0 Å². The molecule has 0 fully saturated rings. The second kappa shape index (κ2) is 6.50. The Morgan fingerprint density at radius 3 is 2.52 bits per heavy atom. The lowest BCUT2D eigenvalue weighted by Gasteiger charge is -2.18. The van der Waals surface area contributed by atoms with Gasteiger partial charge in [0.2, 0.25) is 0 Å². The maximum atomic E-state index is 12.5. The van der Waals surface area contributed by atoms with Gasteiger partial charge in [0.15, 0.2) is 5.78 Å². The van der Waals surface area contributed by atoms with Gasteiger partial charge in [-0.05, 0) is 60.4 Å². The van der Waals surface area contributed by atoms with E-state index < -0.39 is 6.61 Å². The Bertz CT molecular complexity index is 767. The van der Waals surface area contributed by atoms with Gasteiger partial charge < -0.3 is 4.74 Å². The number of aryl methyl sites for hydroxylation is 1. The van der Waals surface area contributed by atoms with Crippen molar-refractivity contribution in [2.45, 2.75) is 19.5 Å². The van der Waals surface area contributed by atoms with Crippen LogP contribution in [0, 0.1) is 0 Å². The molecule has 0 amide bonds. The van der Waals surface area contributed by atoms with Gasteiger partial charge in [0.1, 0.15) is 5.75 Å². The molecule has 0 aromatic heterocycles. The van der Waals surface area contributed by atoms with Crippen LogP contribution >= 0.6 is 11.6 Å². The highest BCUT2D eigenvalue weighted by Crippen LogP contribution is 2.30. The molecular formula is C18H13ClF2O2. The Morgan fingerprint density at radius 2 is 1.83 bits per heavy atom. The number of rotatable bonds is 3. The van der Waals surface area contributed by atoms with E-state index in [0.29, 0.717) is 29.0 Å². The third kappa shape index (κ3) is 3.59. The summed E-state index contributed by atoms with van der Waals surface area (Å²) in [7, 11) is 0. The van der Waals surface area contributed by atoms with Crippen molar-refractivity contribution in [3.05, 3.63) is 69.8 Å². The molecule has 0 spiro atoms. The van der Waals surface area contributed by atoms with E-state index in [2.05, 4.69) is 4.74 Å². The number of benzene rings is 2.